The van der Waals surface area contributed by atoms with Crippen LogP contribution in [0.1, 0.15) is 49.8 Å². The fourth-order valence-electron chi connectivity index (χ4n) is 4.29. The Bertz CT molecular complexity index is 842. The number of halogens is 1. The second kappa shape index (κ2) is 15.8. The van der Waals surface area contributed by atoms with Crippen molar-refractivity contribution in [2.45, 2.75) is 38.6 Å². The van der Waals surface area contributed by atoms with Crippen LogP contribution < -0.4 is 0 Å². The van der Waals surface area contributed by atoms with Gasteiger partial charge in [-0.2, -0.15) is 0 Å². The third-order valence-corrected chi connectivity index (χ3v) is 6.46. The average molecular weight is 503 g/mol. The van der Waals surface area contributed by atoms with Gasteiger partial charge in [0.1, 0.15) is 6.61 Å². The lowest BCUT2D eigenvalue weighted by Crippen LogP contribution is -2.50. The molecule has 0 N–H and O–H groups in total. The third kappa shape index (κ3) is 9.45. The number of rotatable bonds is 14. The number of benzene rings is 2. The van der Waals surface area contributed by atoms with Crippen LogP contribution in [0.15, 0.2) is 54.6 Å². The number of piperazine rings is 1. The molecule has 0 saturated carbocycles. The van der Waals surface area contributed by atoms with Crippen LogP contribution in [0.3, 0.4) is 0 Å². The summed E-state index contributed by atoms with van der Waals surface area (Å²) in [5, 5.41) is 0.729. The molecule has 6 nitrogen and oxygen atoms in total. The van der Waals surface area contributed by atoms with Gasteiger partial charge in [0.05, 0.1) is 25.9 Å². The van der Waals surface area contributed by atoms with Gasteiger partial charge in [-0.15, -0.1) is 0 Å². The first kappa shape index (κ1) is 27.5. The van der Waals surface area contributed by atoms with Crippen LogP contribution in [0, 0.1) is 0 Å². The van der Waals surface area contributed by atoms with Crippen LogP contribution in [0.2, 0.25) is 5.02 Å². The Morgan fingerprint density at radius 2 is 1.43 bits per heavy atom. The summed E-state index contributed by atoms with van der Waals surface area (Å²) < 4.78 is 16.5. The average Bonchev–Trinajstić information content (AvgIpc) is 2.89. The summed E-state index contributed by atoms with van der Waals surface area (Å²) in [4.78, 5) is 16.7. The van der Waals surface area contributed by atoms with E-state index in [4.69, 9.17) is 25.8 Å². The summed E-state index contributed by atoms with van der Waals surface area (Å²) in [6, 6.07) is 18.6. The van der Waals surface area contributed by atoms with E-state index >= 15 is 0 Å². The largest absolute Gasteiger partial charge is 0.447 e. The first-order valence-electron chi connectivity index (χ1n) is 12.8. The summed E-state index contributed by atoms with van der Waals surface area (Å²) >= 11 is 6.12. The van der Waals surface area contributed by atoms with Crippen LogP contribution in [0.4, 0.5) is 4.79 Å². The highest BCUT2D eigenvalue weighted by Gasteiger charge is 2.28. The highest BCUT2D eigenvalue weighted by Crippen LogP contribution is 2.30. The highest BCUT2D eigenvalue weighted by molar-refractivity contribution is 6.30. The molecule has 0 aromatic heterocycles. The van der Waals surface area contributed by atoms with E-state index in [1.54, 1.807) is 4.90 Å². The smallest absolute Gasteiger partial charge is 0.409 e. The number of ether oxygens (including phenoxy) is 3. The van der Waals surface area contributed by atoms with Gasteiger partial charge >= 0.3 is 6.09 Å². The van der Waals surface area contributed by atoms with Gasteiger partial charge in [-0.25, -0.2) is 4.79 Å². The van der Waals surface area contributed by atoms with Crippen molar-refractivity contribution >= 4 is 17.7 Å². The molecule has 0 spiro atoms. The Morgan fingerprint density at radius 3 is 2.11 bits per heavy atom. The maximum atomic E-state index is 12.5. The fraction of sp³-hybridized carbons (Fsp3) is 0.536. The molecule has 1 atom stereocenters. The molecule has 2 aromatic rings. The summed E-state index contributed by atoms with van der Waals surface area (Å²) in [6.07, 6.45) is 4.54. The minimum absolute atomic E-state index is 0.119. The molecule has 1 aliphatic heterocycles. The summed E-state index contributed by atoms with van der Waals surface area (Å²) in [6.45, 7) is 7.52. The van der Waals surface area contributed by atoms with Crippen molar-refractivity contribution < 1.29 is 19.0 Å². The number of hydrogen-bond donors (Lipinski definition) is 0. The highest BCUT2D eigenvalue weighted by atomic mass is 35.5. The molecule has 7 heteroatoms. The number of hydrogen-bond acceptors (Lipinski definition) is 5. The van der Waals surface area contributed by atoms with E-state index in [0.29, 0.717) is 32.9 Å². The van der Waals surface area contributed by atoms with E-state index < -0.39 is 0 Å². The van der Waals surface area contributed by atoms with Crippen molar-refractivity contribution in [2.75, 3.05) is 59.2 Å². The maximum Gasteiger partial charge on any atom is 0.409 e. The molecule has 0 aliphatic carbocycles. The van der Waals surface area contributed by atoms with Gasteiger partial charge in [-0.1, -0.05) is 80.3 Å². The molecular weight excluding hydrogens is 464 g/mol. The van der Waals surface area contributed by atoms with Gasteiger partial charge in [-0.05, 0) is 29.7 Å². The number of carbonyl (C=O) groups excluding carboxylic acids is 1. The van der Waals surface area contributed by atoms with Gasteiger partial charge in [0, 0.05) is 37.8 Å². The number of unbranched alkanes of at least 4 members (excludes halogenated alkanes) is 3. The van der Waals surface area contributed by atoms with Crippen molar-refractivity contribution in [3.05, 3.63) is 70.7 Å². The fourth-order valence-corrected chi connectivity index (χ4v) is 4.42. The minimum Gasteiger partial charge on any atom is -0.447 e. The number of carbonyl (C=O) groups is 1. The quantitative estimate of drug-likeness (QED) is 0.306. The van der Waals surface area contributed by atoms with E-state index in [-0.39, 0.29) is 18.7 Å². The van der Waals surface area contributed by atoms with E-state index in [1.165, 1.54) is 30.4 Å². The topological polar surface area (TPSA) is 51.2 Å². The lowest BCUT2D eigenvalue weighted by atomic mass is 9.96. The van der Waals surface area contributed by atoms with Crippen molar-refractivity contribution in [1.82, 2.24) is 9.80 Å². The standard InChI is InChI=1S/C28H39ClN2O4/c1-2-3-4-8-19-33-20-21-34-22-23-35-28(32)31-17-15-30(16-18-31)27(24-9-6-5-7-10-24)25-11-13-26(29)14-12-25/h5-7,9-14,27H,2-4,8,15-23H2,1H3. The van der Waals surface area contributed by atoms with E-state index in [1.807, 2.05) is 18.2 Å². The van der Waals surface area contributed by atoms with Crippen molar-refractivity contribution in [3.63, 3.8) is 0 Å². The zero-order valence-electron chi connectivity index (χ0n) is 20.9. The molecule has 1 heterocycles. The third-order valence-electron chi connectivity index (χ3n) is 6.21. The van der Waals surface area contributed by atoms with Crippen molar-refractivity contribution in [1.29, 1.82) is 0 Å². The normalized spacial score (nSPS) is 15.2. The SMILES string of the molecule is CCCCCCOCCOCCOC(=O)N1CCN(C(c2ccccc2)c2ccc(Cl)cc2)CC1. The van der Waals surface area contributed by atoms with Crippen LogP contribution in [0.5, 0.6) is 0 Å². The second-order valence-electron chi connectivity index (χ2n) is 8.79. The van der Waals surface area contributed by atoms with Crippen LogP contribution in [0.25, 0.3) is 0 Å². The second-order valence-corrected chi connectivity index (χ2v) is 9.22. The molecule has 35 heavy (non-hydrogen) atoms. The molecule has 2 aromatic carbocycles. The molecule has 0 bridgehead atoms. The Labute approximate surface area is 215 Å². The van der Waals surface area contributed by atoms with E-state index in [0.717, 1.165) is 31.1 Å². The predicted molar refractivity (Wildman–Crippen MR) is 140 cm³/mol. The monoisotopic (exact) mass is 502 g/mol. The summed E-state index contributed by atoms with van der Waals surface area (Å²) in [5.74, 6) is 0. The van der Waals surface area contributed by atoms with Crippen LogP contribution in [-0.2, 0) is 14.2 Å². The molecule has 192 valence electrons. The Kier molecular flexibility index (Phi) is 12.4. The lowest BCUT2D eigenvalue weighted by molar-refractivity contribution is 0.0169. The molecule has 1 unspecified atom stereocenters. The van der Waals surface area contributed by atoms with E-state index in [2.05, 4.69) is 48.2 Å². The first-order valence-corrected chi connectivity index (χ1v) is 13.2. The maximum absolute atomic E-state index is 12.5. The van der Waals surface area contributed by atoms with Gasteiger partial charge in [0.2, 0.25) is 0 Å². The number of amides is 1. The molecular formula is C28H39ClN2O4. The van der Waals surface area contributed by atoms with E-state index in [9.17, 15) is 4.79 Å². The zero-order chi connectivity index (χ0) is 24.7. The van der Waals surface area contributed by atoms with Gasteiger partial charge in [0.25, 0.3) is 0 Å². The molecule has 1 fully saturated rings. The van der Waals surface area contributed by atoms with Gasteiger partial charge < -0.3 is 19.1 Å². The summed E-state index contributed by atoms with van der Waals surface area (Å²) in [5.41, 5.74) is 2.42. The number of nitrogens with zero attached hydrogens (tertiary/aromatic N) is 2. The van der Waals surface area contributed by atoms with Crippen molar-refractivity contribution in [2.24, 2.45) is 0 Å². The summed E-state index contributed by atoms with van der Waals surface area (Å²) in [7, 11) is 0. The Balaban J connectivity index is 1.36. The minimum atomic E-state index is -0.275. The molecule has 1 aliphatic rings. The predicted octanol–water partition coefficient (Wildman–Crippen LogP) is 5.80. The van der Waals surface area contributed by atoms with Gasteiger partial charge in [0.15, 0.2) is 0 Å². The Hall–Kier alpha value is -2.12. The lowest BCUT2D eigenvalue weighted by Gasteiger charge is -2.39. The Morgan fingerprint density at radius 1 is 0.800 bits per heavy atom. The van der Waals surface area contributed by atoms with Gasteiger partial charge in [-0.3, -0.25) is 4.90 Å². The molecule has 3 rings (SSSR count). The first-order chi connectivity index (χ1) is 17.2. The molecule has 1 saturated heterocycles. The zero-order valence-corrected chi connectivity index (χ0v) is 21.6. The van der Waals surface area contributed by atoms with Crippen LogP contribution in [-0.4, -0.2) is 75.1 Å². The van der Waals surface area contributed by atoms with Crippen molar-refractivity contribution in [3.8, 4) is 0 Å². The molecule has 0 radical (unpaired) electrons. The van der Waals surface area contributed by atoms with Crippen LogP contribution >= 0.6 is 11.6 Å². The molecule has 1 amide bonds.